The van der Waals surface area contributed by atoms with Gasteiger partial charge in [0, 0.05) is 38.4 Å². The van der Waals surface area contributed by atoms with Crippen molar-refractivity contribution < 1.29 is 27.6 Å². The molecule has 0 spiro atoms. The van der Waals surface area contributed by atoms with Gasteiger partial charge in [-0.2, -0.15) is 24.9 Å². The van der Waals surface area contributed by atoms with Crippen molar-refractivity contribution in [3.8, 4) is 0 Å². The van der Waals surface area contributed by atoms with Crippen LogP contribution >= 0.6 is 11.8 Å². The van der Waals surface area contributed by atoms with Crippen LogP contribution in [0.3, 0.4) is 0 Å². The number of nitrogens with one attached hydrogen (secondary N) is 1. The average molecular weight is 432 g/mol. The normalized spacial score (nSPS) is 15.2. The molecule has 1 aromatic rings. The van der Waals surface area contributed by atoms with Crippen molar-refractivity contribution in [3.63, 3.8) is 0 Å². The van der Waals surface area contributed by atoms with E-state index in [0.717, 1.165) is 6.07 Å². The number of nitrogens with two attached hydrogens (primary N) is 1. The number of para-hydroxylation sites is 1. The van der Waals surface area contributed by atoms with Gasteiger partial charge in [0.05, 0.1) is 23.5 Å². The third-order valence-electron chi connectivity index (χ3n) is 4.30. The van der Waals surface area contributed by atoms with Crippen molar-refractivity contribution in [1.82, 2.24) is 9.80 Å². The van der Waals surface area contributed by atoms with Gasteiger partial charge in [0.15, 0.2) is 0 Å². The number of rotatable bonds is 8. The Labute approximate surface area is 170 Å². The van der Waals surface area contributed by atoms with Gasteiger partial charge in [0.2, 0.25) is 17.7 Å². The van der Waals surface area contributed by atoms with E-state index < -0.39 is 23.6 Å². The molecule has 1 fully saturated rings. The number of amides is 3. The Hall–Kier alpha value is -2.27. The summed E-state index contributed by atoms with van der Waals surface area (Å²) in [6.45, 7) is 1.73. The van der Waals surface area contributed by atoms with Gasteiger partial charge in [-0.1, -0.05) is 12.1 Å². The lowest BCUT2D eigenvalue weighted by molar-refractivity contribution is -0.137. The number of hydrogen-bond acceptors (Lipinski definition) is 5. The monoisotopic (exact) mass is 432 g/mol. The first-order chi connectivity index (χ1) is 13.7. The lowest BCUT2D eigenvalue weighted by atomic mass is 10.1. The molecule has 1 aromatic carbocycles. The van der Waals surface area contributed by atoms with Crippen molar-refractivity contribution >= 4 is 35.2 Å². The first kappa shape index (κ1) is 23.0. The van der Waals surface area contributed by atoms with Crippen LogP contribution in [0.25, 0.3) is 0 Å². The van der Waals surface area contributed by atoms with Crippen molar-refractivity contribution in [3.05, 3.63) is 29.8 Å². The van der Waals surface area contributed by atoms with Crippen LogP contribution in [0.1, 0.15) is 12.0 Å². The lowest BCUT2D eigenvalue weighted by Gasteiger charge is -2.34. The summed E-state index contributed by atoms with van der Waals surface area (Å²) in [4.78, 5) is 38.4. The number of piperazine rings is 1. The van der Waals surface area contributed by atoms with Crippen molar-refractivity contribution in [2.24, 2.45) is 5.73 Å². The molecule has 11 heteroatoms. The summed E-state index contributed by atoms with van der Waals surface area (Å²) in [5, 5.41) is 2.32. The molecule has 0 saturated carbocycles. The minimum atomic E-state index is -4.55. The summed E-state index contributed by atoms with van der Waals surface area (Å²) in [5.41, 5.74) is 3.87. The van der Waals surface area contributed by atoms with E-state index in [-0.39, 0.29) is 23.9 Å². The Morgan fingerprint density at radius 1 is 1.10 bits per heavy atom. The molecule has 7 nitrogen and oxygen atoms in total. The molecule has 29 heavy (non-hydrogen) atoms. The second-order valence-corrected chi connectivity index (χ2v) is 7.62. The molecule has 1 heterocycles. The van der Waals surface area contributed by atoms with Crippen LogP contribution in [-0.4, -0.2) is 71.8 Å². The van der Waals surface area contributed by atoms with Gasteiger partial charge >= 0.3 is 6.18 Å². The minimum absolute atomic E-state index is 0.0369. The molecule has 3 N–H and O–H groups in total. The van der Waals surface area contributed by atoms with E-state index in [4.69, 9.17) is 5.73 Å². The van der Waals surface area contributed by atoms with Crippen molar-refractivity contribution in [1.29, 1.82) is 0 Å². The third-order valence-corrected chi connectivity index (χ3v) is 5.28. The summed E-state index contributed by atoms with van der Waals surface area (Å²) >= 11 is 1.30. The standard InChI is InChI=1S/C18H23F3N4O3S/c19-18(20,21)13-3-1-2-4-14(13)23-16(27)11-24-6-8-25(9-7-24)17(28)5-10-29-12-15(22)26/h1-4H,5-12H2,(H2,22,26)(H,23,27). The predicted molar refractivity (Wildman–Crippen MR) is 104 cm³/mol. The fourth-order valence-corrected chi connectivity index (χ4v) is 3.54. The fraction of sp³-hybridized carbons (Fsp3) is 0.500. The molecule has 0 bridgehead atoms. The maximum Gasteiger partial charge on any atom is 0.418 e. The number of carbonyl (C=O) groups excluding carboxylic acids is 3. The Bertz CT molecular complexity index is 737. The first-order valence-corrected chi connectivity index (χ1v) is 10.1. The fourth-order valence-electron chi connectivity index (χ4n) is 2.88. The zero-order valence-corrected chi connectivity index (χ0v) is 16.5. The van der Waals surface area contributed by atoms with Crippen LogP contribution in [0.15, 0.2) is 24.3 Å². The smallest absolute Gasteiger partial charge is 0.369 e. The van der Waals surface area contributed by atoms with Gasteiger partial charge in [-0.25, -0.2) is 0 Å². The van der Waals surface area contributed by atoms with E-state index in [1.165, 1.54) is 30.0 Å². The molecular formula is C18H23F3N4O3S. The highest BCUT2D eigenvalue weighted by Crippen LogP contribution is 2.34. The highest BCUT2D eigenvalue weighted by molar-refractivity contribution is 7.99. The molecule has 0 aromatic heterocycles. The van der Waals surface area contributed by atoms with E-state index >= 15 is 0 Å². The number of alkyl halides is 3. The van der Waals surface area contributed by atoms with Crippen LogP contribution in [0.2, 0.25) is 0 Å². The van der Waals surface area contributed by atoms with E-state index in [1.807, 2.05) is 0 Å². The molecule has 0 unspecified atom stereocenters. The summed E-state index contributed by atoms with van der Waals surface area (Å²) in [7, 11) is 0. The van der Waals surface area contributed by atoms with E-state index in [9.17, 15) is 27.6 Å². The highest BCUT2D eigenvalue weighted by atomic mass is 32.2. The van der Waals surface area contributed by atoms with Crippen LogP contribution < -0.4 is 11.1 Å². The zero-order valence-electron chi connectivity index (χ0n) is 15.7. The number of thioether (sulfide) groups is 1. The number of hydrogen-bond donors (Lipinski definition) is 2. The summed E-state index contributed by atoms with van der Waals surface area (Å²) < 4.78 is 39.0. The minimum Gasteiger partial charge on any atom is -0.369 e. The number of carbonyl (C=O) groups is 3. The summed E-state index contributed by atoms with van der Waals surface area (Å²) in [6, 6.07) is 4.83. The highest BCUT2D eigenvalue weighted by Gasteiger charge is 2.33. The van der Waals surface area contributed by atoms with Crippen molar-refractivity contribution in [2.75, 3.05) is 49.5 Å². The predicted octanol–water partition coefficient (Wildman–Crippen LogP) is 1.40. The number of nitrogens with zero attached hydrogens (tertiary/aromatic N) is 2. The molecule has 1 saturated heterocycles. The molecule has 3 amide bonds. The second-order valence-electron chi connectivity index (χ2n) is 6.52. The van der Waals surface area contributed by atoms with Crippen molar-refractivity contribution in [2.45, 2.75) is 12.6 Å². The van der Waals surface area contributed by atoms with Gasteiger partial charge in [-0.15, -0.1) is 0 Å². The molecule has 1 aliphatic rings. The Morgan fingerprint density at radius 3 is 2.38 bits per heavy atom. The van der Waals surface area contributed by atoms with E-state index in [0.29, 0.717) is 38.4 Å². The molecule has 1 aliphatic heterocycles. The SMILES string of the molecule is NC(=O)CSCCC(=O)N1CCN(CC(=O)Nc2ccccc2C(F)(F)F)CC1. The van der Waals surface area contributed by atoms with Crippen LogP contribution in [0.5, 0.6) is 0 Å². The van der Waals surface area contributed by atoms with Gasteiger partial charge in [0.1, 0.15) is 0 Å². The van der Waals surface area contributed by atoms with E-state index in [2.05, 4.69) is 5.32 Å². The molecule has 2 rings (SSSR count). The molecule has 0 atom stereocenters. The Balaban J connectivity index is 1.76. The second kappa shape index (κ2) is 10.5. The summed E-state index contributed by atoms with van der Waals surface area (Å²) in [6.07, 6.45) is -4.25. The summed E-state index contributed by atoms with van der Waals surface area (Å²) in [5.74, 6) is -0.321. The van der Waals surface area contributed by atoms with Gasteiger partial charge in [-0.05, 0) is 12.1 Å². The zero-order chi connectivity index (χ0) is 21.4. The molecule has 160 valence electrons. The molecule has 0 aliphatic carbocycles. The quantitative estimate of drug-likeness (QED) is 0.606. The number of halogens is 3. The average Bonchev–Trinajstić information content (AvgIpc) is 2.65. The van der Waals surface area contributed by atoms with Gasteiger partial charge in [0.25, 0.3) is 0 Å². The maximum absolute atomic E-state index is 13.0. The molecular weight excluding hydrogens is 409 g/mol. The first-order valence-electron chi connectivity index (χ1n) is 8.99. The molecule has 0 radical (unpaired) electrons. The van der Waals surface area contributed by atoms with Gasteiger partial charge < -0.3 is 16.0 Å². The third kappa shape index (κ3) is 7.58. The van der Waals surface area contributed by atoms with Gasteiger partial charge in [-0.3, -0.25) is 19.3 Å². The Morgan fingerprint density at radius 2 is 1.76 bits per heavy atom. The lowest BCUT2D eigenvalue weighted by Crippen LogP contribution is -2.50. The van der Waals surface area contributed by atoms with E-state index in [1.54, 1.807) is 9.80 Å². The van der Waals surface area contributed by atoms with Crippen LogP contribution in [0.4, 0.5) is 18.9 Å². The van der Waals surface area contributed by atoms with Crippen LogP contribution in [0, 0.1) is 0 Å². The largest absolute Gasteiger partial charge is 0.418 e. The van der Waals surface area contributed by atoms with Crippen LogP contribution in [-0.2, 0) is 20.6 Å². The Kier molecular flexibility index (Phi) is 8.32. The maximum atomic E-state index is 13.0. The number of benzene rings is 1. The number of primary amides is 1. The topological polar surface area (TPSA) is 95.7 Å². The number of anilines is 1.